The summed E-state index contributed by atoms with van der Waals surface area (Å²) in [5.41, 5.74) is 4.59. The van der Waals surface area contributed by atoms with Crippen molar-refractivity contribution in [3.63, 3.8) is 0 Å². The van der Waals surface area contributed by atoms with Gasteiger partial charge in [0.1, 0.15) is 0 Å². The van der Waals surface area contributed by atoms with E-state index < -0.39 is 18.0 Å². The van der Waals surface area contributed by atoms with Gasteiger partial charge in [0.2, 0.25) is 5.91 Å². The fourth-order valence-electron chi connectivity index (χ4n) is 10.4. The van der Waals surface area contributed by atoms with Gasteiger partial charge in [-0.15, -0.1) is 0 Å². The summed E-state index contributed by atoms with van der Waals surface area (Å²) in [7, 11) is 1.66. The Bertz CT molecular complexity index is 2180. The summed E-state index contributed by atoms with van der Waals surface area (Å²) in [6, 6.07) is 11.4. The van der Waals surface area contributed by atoms with Crippen LogP contribution in [0.2, 0.25) is 0 Å². The number of rotatable bonds is 12. The summed E-state index contributed by atoms with van der Waals surface area (Å²) in [5, 5.41) is 3.05. The molecule has 4 saturated heterocycles. The molecule has 1 aromatic heterocycles. The molecule has 5 aliphatic heterocycles. The lowest BCUT2D eigenvalue weighted by Gasteiger charge is -2.41. The first-order valence-electron chi connectivity index (χ1n) is 22.7. The molecule has 0 spiro atoms. The van der Waals surface area contributed by atoms with Crippen LogP contribution in [0.25, 0.3) is 11.1 Å². The van der Waals surface area contributed by atoms with E-state index in [2.05, 4.69) is 10.2 Å². The van der Waals surface area contributed by atoms with Crippen molar-refractivity contribution in [1.82, 2.24) is 29.1 Å². The number of likely N-dealkylation sites (tertiary alicyclic amines) is 4. The highest BCUT2D eigenvalue weighted by Gasteiger charge is 2.37. The van der Waals surface area contributed by atoms with E-state index >= 15 is 0 Å². The quantitative estimate of drug-likeness (QED) is 0.202. The Morgan fingerprint density at radius 3 is 2.29 bits per heavy atom. The lowest BCUT2D eigenvalue weighted by Crippen LogP contribution is -2.52. The Morgan fingerprint density at radius 1 is 0.855 bits per heavy atom. The second-order valence-corrected chi connectivity index (χ2v) is 17.8. The van der Waals surface area contributed by atoms with E-state index in [1.54, 1.807) is 18.0 Å². The summed E-state index contributed by atoms with van der Waals surface area (Å²) in [6.07, 6.45) is 6.27. The van der Waals surface area contributed by atoms with Crippen molar-refractivity contribution < 1.29 is 37.9 Å². The fraction of sp³-hybridized carbons (Fsp3) is 0.609. The van der Waals surface area contributed by atoms with Gasteiger partial charge in [-0.05, 0) is 118 Å². The number of carbonyl (C=O) groups is 5. The molecule has 4 fully saturated rings. The van der Waals surface area contributed by atoms with Crippen molar-refractivity contribution in [3.8, 4) is 0 Å². The molecule has 6 heterocycles. The van der Waals surface area contributed by atoms with Crippen molar-refractivity contribution in [3.05, 3.63) is 63.6 Å². The number of nitrogens with one attached hydrogen (secondary N) is 1. The van der Waals surface area contributed by atoms with E-state index in [9.17, 15) is 28.8 Å². The molecular weight excluding hydrogens is 795 g/mol. The van der Waals surface area contributed by atoms with Gasteiger partial charge in [-0.1, -0.05) is 24.3 Å². The van der Waals surface area contributed by atoms with Crippen LogP contribution in [0.3, 0.4) is 0 Å². The van der Waals surface area contributed by atoms with E-state index in [0.29, 0.717) is 94.5 Å². The number of hydrogen-bond acceptors (Lipinski definition) is 10. The van der Waals surface area contributed by atoms with Crippen LogP contribution in [0.15, 0.2) is 45.6 Å². The number of benzene rings is 2. The van der Waals surface area contributed by atoms with Gasteiger partial charge in [-0.25, -0.2) is 14.4 Å². The van der Waals surface area contributed by atoms with E-state index in [4.69, 9.17) is 13.9 Å². The number of hydrogen-bond donors (Lipinski definition) is 1. The zero-order valence-corrected chi connectivity index (χ0v) is 36.2. The number of piperidine rings is 3. The van der Waals surface area contributed by atoms with E-state index in [1.165, 1.54) is 4.57 Å². The molecule has 0 unspecified atom stereocenters. The van der Waals surface area contributed by atoms with Crippen molar-refractivity contribution in [1.29, 1.82) is 0 Å². The average molecular weight is 856 g/mol. The molecule has 3 aromatic rings. The van der Waals surface area contributed by atoms with Crippen LogP contribution in [0.1, 0.15) is 74.5 Å². The molecular formula is C46H61N7O9. The van der Waals surface area contributed by atoms with Crippen LogP contribution >= 0.6 is 0 Å². The first kappa shape index (κ1) is 43.3. The maximum atomic E-state index is 14.4. The van der Waals surface area contributed by atoms with E-state index in [-0.39, 0.29) is 42.8 Å². The highest BCUT2D eigenvalue weighted by atomic mass is 16.6. The van der Waals surface area contributed by atoms with Gasteiger partial charge in [-0.3, -0.25) is 23.9 Å². The molecule has 8 rings (SSSR count). The summed E-state index contributed by atoms with van der Waals surface area (Å²) in [5.74, 6) is 0.208. The molecule has 2 aromatic carbocycles. The normalized spacial score (nSPS) is 20.3. The second kappa shape index (κ2) is 19.3. The highest BCUT2D eigenvalue weighted by Crippen LogP contribution is 2.33. The maximum Gasteiger partial charge on any atom is 0.419 e. The Kier molecular flexibility index (Phi) is 13.5. The smallest absolute Gasteiger partial charge is 0.419 e. The number of amides is 5. The maximum absolute atomic E-state index is 14.4. The van der Waals surface area contributed by atoms with Gasteiger partial charge < -0.3 is 38.8 Å². The van der Waals surface area contributed by atoms with Crippen LogP contribution in [-0.4, -0.2) is 143 Å². The van der Waals surface area contributed by atoms with E-state index in [0.717, 1.165) is 80.5 Å². The van der Waals surface area contributed by atoms with Gasteiger partial charge in [-0.2, -0.15) is 0 Å². The summed E-state index contributed by atoms with van der Waals surface area (Å²) in [6.45, 7) is 8.07. The van der Waals surface area contributed by atoms with Crippen LogP contribution < -0.4 is 11.1 Å². The molecule has 0 bridgehead atoms. The van der Waals surface area contributed by atoms with Crippen molar-refractivity contribution in [2.24, 2.45) is 18.9 Å². The van der Waals surface area contributed by atoms with Crippen LogP contribution in [0.5, 0.6) is 0 Å². The lowest BCUT2D eigenvalue weighted by molar-refractivity contribution is -0.145. The molecule has 0 aliphatic carbocycles. The van der Waals surface area contributed by atoms with Gasteiger partial charge in [0, 0.05) is 77.4 Å². The molecule has 16 heteroatoms. The zero-order chi connectivity index (χ0) is 43.3. The molecule has 16 nitrogen and oxygen atoms in total. The number of para-hydroxylation sites is 1. The van der Waals surface area contributed by atoms with Gasteiger partial charge in [0.25, 0.3) is 5.91 Å². The Morgan fingerprint density at radius 2 is 1.56 bits per heavy atom. The third-order valence-electron chi connectivity index (χ3n) is 13.9. The monoisotopic (exact) mass is 855 g/mol. The van der Waals surface area contributed by atoms with Gasteiger partial charge in [0.15, 0.2) is 11.7 Å². The summed E-state index contributed by atoms with van der Waals surface area (Å²) >= 11 is 0. The zero-order valence-electron chi connectivity index (χ0n) is 36.2. The molecule has 1 atom stereocenters. The second-order valence-electron chi connectivity index (χ2n) is 17.8. The van der Waals surface area contributed by atoms with Crippen molar-refractivity contribution in [2.45, 2.75) is 89.7 Å². The first-order chi connectivity index (χ1) is 30.0. The van der Waals surface area contributed by atoms with Crippen molar-refractivity contribution in [2.75, 3.05) is 77.4 Å². The number of carbonyl (C=O) groups excluding carboxylic acids is 5. The summed E-state index contributed by atoms with van der Waals surface area (Å²) in [4.78, 5) is 87.5. The predicted octanol–water partition coefficient (Wildman–Crippen LogP) is 4.55. The molecule has 5 amide bonds. The minimum atomic E-state index is -1.08. The number of anilines is 1. The minimum Gasteiger partial charge on any atom is -0.465 e. The Balaban J connectivity index is 0.840. The number of fused-ring (bicyclic) bond motifs is 2. The minimum absolute atomic E-state index is 0.0275. The van der Waals surface area contributed by atoms with Gasteiger partial charge in [0.05, 0.1) is 18.7 Å². The average Bonchev–Trinajstić information content (AvgIpc) is 3.76. The highest BCUT2D eigenvalue weighted by molar-refractivity contribution is 5.91. The number of ether oxygens (including phenoxy) is 2. The Hall–Kier alpha value is -5.38. The number of esters is 1. The number of urea groups is 1. The third-order valence-corrected chi connectivity index (χ3v) is 13.9. The third kappa shape index (κ3) is 9.95. The number of aryl methyl sites for hydroxylation is 2. The van der Waals surface area contributed by atoms with E-state index in [1.807, 2.05) is 52.0 Å². The molecule has 5 aliphatic rings. The lowest BCUT2D eigenvalue weighted by atomic mass is 9.78. The molecule has 0 radical (unpaired) electrons. The number of aromatic nitrogens is 1. The standard InChI is InChI=1S/C46H61N7O9/c1-31-27-32(28-38-42(31)48(2)45(58)61-38)29-39(62-46(59)52-23-15-36(16-24-52)53-25-14-35-7-3-4-8-37(35)47-44(53)57)43(56)51-21-12-34(13-22-51)33-10-19-49(20-11-33)30-41(55)60-26-6-18-50-17-5-9-40(50)54/h3-4,7-8,27-28,33-34,36,39H,5-6,9-26,29-30H2,1-2H3,(H,47,57)/t39-/m1/s1. The Labute approximate surface area is 362 Å². The number of oxazole rings is 1. The largest absolute Gasteiger partial charge is 0.465 e. The summed E-state index contributed by atoms with van der Waals surface area (Å²) < 4.78 is 18.6. The van der Waals surface area contributed by atoms with Crippen LogP contribution in [0, 0.1) is 18.8 Å². The number of nitrogens with zero attached hydrogens (tertiary/aromatic N) is 6. The van der Waals surface area contributed by atoms with Crippen LogP contribution in [-0.2, 0) is 43.7 Å². The van der Waals surface area contributed by atoms with Crippen LogP contribution in [0.4, 0.5) is 15.3 Å². The van der Waals surface area contributed by atoms with Gasteiger partial charge >= 0.3 is 23.8 Å². The molecule has 62 heavy (non-hydrogen) atoms. The molecule has 1 N–H and O–H groups in total. The SMILES string of the molecule is Cc1cc(C[C@@H](OC(=O)N2CCC(N3CCc4ccccc4NC3=O)CC2)C(=O)N2CCC(C3CCN(CC(=O)OCCCN4CCCC4=O)CC3)CC2)cc2oc(=O)n(C)c12. The predicted molar refractivity (Wildman–Crippen MR) is 230 cm³/mol. The topological polar surface area (TPSA) is 167 Å². The van der Waals surface area contributed by atoms with Crippen molar-refractivity contribution >= 4 is 46.7 Å². The first-order valence-corrected chi connectivity index (χ1v) is 22.7. The molecule has 0 saturated carbocycles. The fourth-order valence-corrected chi connectivity index (χ4v) is 10.4. The molecule has 334 valence electrons.